The van der Waals surface area contributed by atoms with Gasteiger partial charge in [0.2, 0.25) is 15.9 Å². The summed E-state index contributed by atoms with van der Waals surface area (Å²) < 4.78 is 50.6. The highest BCUT2D eigenvalue weighted by Gasteiger charge is 2.30. The highest BCUT2D eigenvalue weighted by molar-refractivity contribution is 7.90. The van der Waals surface area contributed by atoms with Crippen LogP contribution >= 0.6 is 0 Å². The van der Waals surface area contributed by atoms with Gasteiger partial charge in [-0.2, -0.15) is 5.26 Å². The first-order valence-electron chi connectivity index (χ1n) is 10.3. The number of sulfone groups is 1. The number of nitrogens with zero attached hydrogens (tertiary/aromatic N) is 2. The van der Waals surface area contributed by atoms with E-state index < -0.39 is 19.9 Å². The van der Waals surface area contributed by atoms with Crippen LogP contribution in [0.15, 0.2) is 34.1 Å². The number of likely N-dealkylation sites (tertiary alicyclic amines) is 1. The molecule has 0 radical (unpaired) electrons. The standard InChI is InChI=1S/C20H28N4O5S2/c1-30(26,27)18-6-8-19(9-7-18)31(28,29)23-13-15-4-5-16(11-15)22-14-20(25)24-10-2-3-17(24)12-21/h6-9,15-17,22-23H,2-5,10-11,13-14H2,1H3/t15-,16+,17-/m0/s1. The molecule has 170 valence electrons. The van der Waals surface area contributed by atoms with Crippen molar-refractivity contribution in [2.24, 2.45) is 5.92 Å². The van der Waals surface area contributed by atoms with Crippen molar-refractivity contribution in [2.75, 3.05) is 25.9 Å². The minimum absolute atomic E-state index is 0.0239. The minimum Gasteiger partial charge on any atom is -0.326 e. The SMILES string of the molecule is CS(=O)(=O)c1ccc(S(=O)(=O)NC[C@H]2CC[C@@H](NCC(=O)N3CCC[C@H]3C#N)C2)cc1. The first-order chi connectivity index (χ1) is 14.6. The number of hydrogen-bond acceptors (Lipinski definition) is 7. The molecule has 1 saturated heterocycles. The molecule has 0 bridgehead atoms. The van der Waals surface area contributed by atoms with Crippen molar-refractivity contribution in [3.8, 4) is 6.07 Å². The zero-order valence-corrected chi connectivity index (χ0v) is 19.1. The summed E-state index contributed by atoms with van der Waals surface area (Å²) in [6.45, 7) is 1.10. The molecular formula is C20H28N4O5S2. The van der Waals surface area contributed by atoms with Gasteiger partial charge in [-0.3, -0.25) is 4.79 Å². The second kappa shape index (κ2) is 9.65. The Morgan fingerprint density at radius 2 is 1.81 bits per heavy atom. The van der Waals surface area contributed by atoms with Gasteiger partial charge in [-0.05, 0) is 62.3 Å². The Morgan fingerprint density at radius 1 is 1.13 bits per heavy atom. The maximum atomic E-state index is 12.5. The molecule has 1 aliphatic heterocycles. The number of carbonyl (C=O) groups is 1. The molecule has 1 aromatic carbocycles. The third kappa shape index (κ3) is 6.04. The van der Waals surface area contributed by atoms with Crippen molar-refractivity contribution in [1.82, 2.24) is 14.9 Å². The molecule has 0 spiro atoms. The van der Waals surface area contributed by atoms with Crippen LogP contribution in [0.25, 0.3) is 0 Å². The number of amides is 1. The summed E-state index contributed by atoms with van der Waals surface area (Å²) in [4.78, 5) is 14.1. The predicted octanol–water partition coefficient (Wildman–Crippen LogP) is 0.641. The Morgan fingerprint density at radius 3 is 2.45 bits per heavy atom. The number of rotatable bonds is 8. The van der Waals surface area contributed by atoms with Gasteiger partial charge >= 0.3 is 0 Å². The van der Waals surface area contributed by atoms with E-state index in [1.165, 1.54) is 24.3 Å². The second-order valence-corrected chi connectivity index (χ2v) is 12.0. The Labute approximate surface area is 183 Å². The Kier molecular flexibility index (Phi) is 7.36. The molecule has 3 atom stereocenters. The highest BCUT2D eigenvalue weighted by atomic mass is 32.2. The lowest BCUT2D eigenvalue weighted by Gasteiger charge is -2.21. The van der Waals surface area contributed by atoms with Gasteiger partial charge in [0.15, 0.2) is 9.84 Å². The third-order valence-corrected chi connectivity index (χ3v) is 8.50. The van der Waals surface area contributed by atoms with Crippen LogP contribution in [0.1, 0.15) is 32.1 Å². The molecule has 0 unspecified atom stereocenters. The van der Waals surface area contributed by atoms with E-state index in [1.54, 1.807) is 4.90 Å². The van der Waals surface area contributed by atoms with Crippen LogP contribution in [-0.2, 0) is 24.7 Å². The van der Waals surface area contributed by atoms with Gasteiger partial charge in [0.25, 0.3) is 0 Å². The van der Waals surface area contributed by atoms with Gasteiger partial charge in [0.05, 0.1) is 22.4 Å². The molecule has 2 aliphatic rings. The number of benzene rings is 1. The molecule has 1 heterocycles. The highest BCUT2D eigenvalue weighted by Crippen LogP contribution is 2.26. The van der Waals surface area contributed by atoms with E-state index in [9.17, 15) is 21.6 Å². The topological polar surface area (TPSA) is 136 Å². The predicted molar refractivity (Wildman–Crippen MR) is 114 cm³/mol. The van der Waals surface area contributed by atoms with E-state index in [-0.39, 0.29) is 46.8 Å². The fraction of sp³-hybridized carbons (Fsp3) is 0.600. The molecule has 3 rings (SSSR count). The van der Waals surface area contributed by atoms with E-state index in [0.29, 0.717) is 6.54 Å². The van der Waals surface area contributed by atoms with Gasteiger partial charge in [-0.25, -0.2) is 21.6 Å². The molecular weight excluding hydrogens is 440 g/mol. The van der Waals surface area contributed by atoms with E-state index in [4.69, 9.17) is 5.26 Å². The molecule has 1 amide bonds. The summed E-state index contributed by atoms with van der Waals surface area (Å²) in [6, 6.07) is 7.12. The Hall–Kier alpha value is -2.00. The summed E-state index contributed by atoms with van der Waals surface area (Å²) in [6.07, 6.45) is 5.10. The molecule has 9 nitrogen and oxygen atoms in total. The molecule has 1 saturated carbocycles. The Balaban J connectivity index is 1.46. The number of hydrogen-bond donors (Lipinski definition) is 2. The lowest BCUT2D eigenvalue weighted by molar-refractivity contribution is -0.130. The van der Waals surface area contributed by atoms with E-state index in [1.807, 2.05) is 0 Å². The third-order valence-electron chi connectivity index (χ3n) is 5.93. The fourth-order valence-electron chi connectivity index (χ4n) is 4.16. The summed E-state index contributed by atoms with van der Waals surface area (Å²) in [5, 5.41) is 12.4. The van der Waals surface area contributed by atoms with Gasteiger partial charge in [-0.15, -0.1) is 0 Å². The minimum atomic E-state index is -3.73. The Bertz CT molecular complexity index is 1050. The quantitative estimate of drug-likeness (QED) is 0.571. The number of sulfonamides is 1. The molecule has 1 aliphatic carbocycles. The van der Waals surface area contributed by atoms with Crippen molar-refractivity contribution in [3.63, 3.8) is 0 Å². The zero-order chi connectivity index (χ0) is 22.6. The lowest BCUT2D eigenvalue weighted by Crippen LogP contribution is -2.43. The van der Waals surface area contributed by atoms with Crippen molar-refractivity contribution in [2.45, 2.75) is 54.0 Å². The molecule has 0 aromatic heterocycles. The molecule has 2 N–H and O–H groups in total. The van der Waals surface area contributed by atoms with Crippen LogP contribution in [0.4, 0.5) is 0 Å². The monoisotopic (exact) mass is 468 g/mol. The summed E-state index contributed by atoms with van der Waals surface area (Å²) in [5.74, 6) is 0.0852. The van der Waals surface area contributed by atoms with Crippen molar-refractivity contribution >= 4 is 25.8 Å². The normalized spacial score (nSPS) is 24.3. The number of nitriles is 1. The maximum absolute atomic E-state index is 12.5. The average molecular weight is 469 g/mol. The largest absolute Gasteiger partial charge is 0.326 e. The fourth-order valence-corrected chi connectivity index (χ4v) is 5.90. The maximum Gasteiger partial charge on any atom is 0.240 e. The van der Waals surface area contributed by atoms with Crippen LogP contribution in [0, 0.1) is 17.2 Å². The van der Waals surface area contributed by atoms with Crippen molar-refractivity contribution < 1.29 is 21.6 Å². The average Bonchev–Trinajstić information content (AvgIpc) is 3.39. The van der Waals surface area contributed by atoms with Crippen LogP contribution in [0.5, 0.6) is 0 Å². The summed E-state index contributed by atoms with van der Waals surface area (Å²) in [7, 11) is -7.11. The number of carbonyl (C=O) groups excluding carboxylic acids is 1. The van der Waals surface area contributed by atoms with E-state index in [2.05, 4.69) is 16.1 Å². The van der Waals surface area contributed by atoms with Gasteiger partial charge in [0, 0.05) is 25.4 Å². The first kappa shape index (κ1) is 23.7. The van der Waals surface area contributed by atoms with Gasteiger partial charge in [0.1, 0.15) is 6.04 Å². The van der Waals surface area contributed by atoms with Gasteiger partial charge in [-0.1, -0.05) is 0 Å². The van der Waals surface area contributed by atoms with E-state index in [0.717, 1.165) is 38.4 Å². The smallest absolute Gasteiger partial charge is 0.240 e. The number of nitrogens with one attached hydrogen (secondary N) is 2. The molecule has 11 heteroatoms. The van der Waals surface area contributed by atoms with Gasteiger partial charge < -0.3 is 10.2 Å². The summed E-state index contributed by atoms with van der Waals surface area (Å²) >= 11 is 0. The van der Waals surface area contributed by atoms with Crippen LogP contribution in [0.3, 0.4) is 0 Å². The summed E-state index contributed by atoms with van der Waals surface area (Å²) in [5.41, 5.74) is 0. The first-order valence-corrected chi connectivity index (χ1v) is 13.7. The molecule has 1 aromatic rings. The van der Waals surface area contributed by atoms with Crippen LogP contribution < -0.4 is 10.0 Å². The van der Waals surface area contributed by atoms with Crippen LogP contribution in [0.2, 0.25) is 0 Å². The second-order valence-electron chi connectivity index (χ2n) is 8.23. The van der Waals surface area contributed by atoms with Crippen molar-refractivity contribution in [3.05, 3.63) is 24.3 Å². The van der Waals surface area contributed by atoms with Crippen molar-refractivity contribution in [1.29, 1.82) is 5.26 Å². The van der Waals surface area contributed by atoms with Crippen LogP contribution in [-0.4, -0.2) is 65.6 Å². The molecule has 2 fully saturated rings. The lowest BCUT2D eigenvalue weighted by atomic mass is 10.1. The molecule has 31 heavy (non-hydrogen) atoms. The van der Waals surface area contributed by atoms with E-state index >= 15 is 0 Å². The zero-order valence-electron chi connectivity index (χ0n) is 17.5.